The molecule has 1 heterocycles. The van der Waals surface area contributed by atoms with Crippen molar-refractivity contribution in [3.05, 3.63) is 101 Å². The maximum atomic E-state index is 13.6. The zero-order valence-electron chi connectivity index (χ0n) is 20.5. The van der Waals surface area contributed by atoms with Gasteiger partial charge < -0.3 is 4.74 Å². The van der Waals surface area contributed by atoms with Crippen LogP contribution in [-0.4, -0.2) is 43.7 Å². The van der Waals surface area contributed by atoms with Gasteiger partial charge in [-0.3, -0.25) is 9.30 Å². The van der Waals surface area contributed by atoms with Crippen LogP contribution < -0.4 is 0 Å². The van der Waals surface area contributed by atoms with Gasteiger partial charge in [-0.1, -0.05) is 71.8 Å². The summed E-state index contributed by atoms with van der Waals surface area (Å²) in [6.07, 6.45) is 3.26. The van der Waals surface area contributed by atoms with Crippen LogP contribution in [0, 0.1) is 13.8 Å². The first-order chi connectivity index (χ1) is 17.3. The van der Waals surface area contributed by atoms with Crippen LogP contribution in [-0.2, 0) is 19.6 Å². The normalized spacial score (nSPS) is 21.8. The maximum absolute atomic E-state index is 13.6. The van der Waals surface area contributed by atoms with Gasteiger partial charge >= 0.3 is 5.97 Å². The SMILES string of the molecule is CCOC(=O)C12N=CN(S(=O)(=O)c3ccc(C)cc3)CC1c1ccccc1/C2=C/c1ccc(C)cc1. The first-order valence-corrected chi connectivity index (χ1v) is 13.4. The Morgan fingerprint density at radius 3 is 2.33 bits per heavy atom. The topological polar surface area (TPSA) is 76.0 Å². The molecule has 1 aliphatic carbocycles. The van der Waals surface area contributed by atoms with Crippen LogP contribution in [0.3, 0.4) is 0 Å². The molecule has 184 valence electrons. The molecule has 3 aromatic rings. The van der Waals surface area contributed by atoms with Gasteiger partial charge in [0.1, 0.15) is 6.34 Å². The van der Waals surface area contributed by atoms with E-state index >= 15 is 0 Å². The molecular formula is C29H28N2O4S. The van der Waals surface area contributed by atoms with Gasteiger partial charge in [0.15, 0.2) is 5.54 Å². The van der Waals surface area contributed by atoms with Crippen LogP contribution in [0.15, 0.2) is 82.7 Å². The van der Waals surface area contributed by atoms with Crippen LogP contribution in [0.2, 0.25) is 0 Å². The van der Waals surface area contributed by atoms with Crippen molar-refractivity contribution in [2.45, 2.75) is 37.1 Å². The first-order valence-electron chi connectivity index (χ1n) is 12.0. The molecule has 1 aliphatic heterocycles. The second-order valence-electron chi connectivity index (χ2n) is 9.23. The van der Waals surface area contributed by atoms with E-state index in [0.717, 1.165) is 27.8 Å². The van der Waals surface area contributed by atoms with Crippen molar-refractivity contribution in [2.75, 3.05) is 13.2 Å². The summed E-state index contributed by atoms with van der Waals surface area (Å²) in [6, 6.07) is 22.5. The highest BCUT2D eigenvalue weighted by Gasteiger charge is 2.59. The van der Waals surface area contributed by atoms with E-state index in [4.69, 9.17) is 9.73 Å². The van der Waals surface area contributed by atoms with Gasteiger partial charge in [0, 0.05) is 12.5 Å². The monoisotopic (exact) mass is 500 g/mol. The Morgan fingerprint density at radius 1 is 1.03 bits per heavy atom. The second kappa shape index (κ2) is 9.06. The van der Waals surface area contributed by atoms with E-state index in [0.29, 0.717) is 5.57 Å². The van der Waals surface area contributed by atoms with Crippen molar-refractivity contribution in [3.8, 4) is 0 Å². The number of carbonyl (C=O) groups excluding carboxylic acids is 1. The lowest BCUT2D eigenvalue weighted by molar-refractivity contribution is -0.147. The average molecular weight is 501 g/mol. The Labute approximate surface area is 212 Å². The standard InChI is InChI=1S/C29H28N2O4S/c1-4-35-28(32)29-26(17-22-13-9-20(2)10-14-22)24-7-5-6-8-25(24)27(29)18-31(19-30-29)36(33,34)23-15-11-21(3)12-16-23/h5-17,19,27H,4,18H2,1-3H3/b26-17-. The van der Waals surface area contributed by atoms with Gasteiger partial charge in [-0.15, -0.1) is 0 Å². The van der Waals surface area contributed by atoms with Gasteiger partial charge in [-0.05, 0) is 61.2 Å². The lowest BCUT2D eigenvalue weighted by Gasteiger charge is -2.38. The predicted octanol–water partition coefficient (Wildman–Crippen LogP) is 4.98. The number of fused-ring (bicyclic) bond motifs is 3. The summed E-state index contributed by atoms with van der Waals surface area (Å²) < 4.78 is 33.8. The summed E-state index contributed by atoms with van der Waals surface area (Å²) in [5.41, 5.74) is 4.14. The van der Waals surface area contributed by atoms with E-state index in [1.807, 2.05) is 68.5 Å². The van der Waals surface area contributed by atoms with Crippen molar-refractivity contribution in [1.29, 1.82) is 0 Å². The van der Waals surface area contributed by atoms with Crippen LogP contribution in [0.5, 0.6) is 0 Å². The third-order valence-corrected chi connectivity index (χ3v) is 8.63. The molecule has 5 rings (SSSR count). The highest BCUT2D eigenvalue weighted by Crippen LogP contribution is 2.54. The Hall–Kier alpha value is -3.71. The molecule has 2 atom stereocenters. The smallest absolute Gasteiger partial charge is 0.339 e. The molecule has 2 aliphatic rings. The van der Waals surface area contributed by atoms with Crippen molar-refractivity contribution in [2.24, 2.45) is 4.99 Å². The van der Waals surface area contributed by atoms with Gasteiger partial charge in [-0.25, -0.2) is 13.2 Å². The molecule has 0 saturated carbocycles. The summed E-state index contributed by atoms with van der Waals surface area (Å²) in [5, 5.41) is 0. The highest BCUT2D eigenvalue weighted by atomic mass is 32.2. The van der Waals surface area contributed by atoms with Gasteiger partial charge in [0.25, 0.3) is 10.0 Å². The van der Waals surface area contributed by atoms with E-state index in [2.05, 4.69) is 0 Å². The van der Waals surface area contributed by atoms with Crippen molar-refractivity contribution < 1.29 is 17.9 Å². The number of sulfonamides is 1. The Balaban J connectivity index is 1.68. The number of rotatable bonds is 5. The molecule has 0 bridgehead atoms. The fourth-order valence-corrected chi connectivity index (χ4v) is 6.27. The van der Waals surface area contributed by atoms with Crippen molar-refractivity contribution >= 4 is 34.0 Å². The molecule has 0 amide bonds. The Kier molecular flexibility index (Phi) is 6.04. The lowest BCUT2D eigenvalue weighted by Crippen LogP contribution is -2.51. The average Bonchev–Trinajstić information content (AvgIpc) is 3.16. The van der Waals surface area contributed by atoms with E-state index < -0.39 is 27.4 Å². The number of esters is 1. The number of benzene rings is 3. The molecule has 0 fully saturated rings. The Bertz CT molecular complexity index is 1470. The Morgan fingerprint density at radius 2 is 1.67 bits per heavy atom. The lowest BCUT2D eigenvalue weighted by atomic mass is 9.80. The number of ether oxygens (including phenoxy) is 1. The molecule has 7 heteroatoms. The van der Waals surface area contributed by atoms with Crippen molar-refractivity contribution in [1.82, 2.24) is 4.31 Å². The molecule has 2 unspecified atom stereocenters. The first kappa shape index (κ1) is 24.0. The molecule has 36 heavy (non-hydrogen) atoms. The molecule has 0 N–H and O–H groups in total. The summed E-state index contributed by atoms with van der Waals surface area (Å²) in [7, 11) is -3.85. The molecule has 0 saturated heterocycles. The number of aliphatic imine (C=N–C) groups is 1. The maximum Gasteiger partial charge on any atom is 0.339 e. The van der Waals surface area contributed by atoms with Gasteiger partial charge in [0.2, 0.25) is 0 Å². The fraction of sp³-hybridized carbons (Fsp3) is 0.241. The zero-order chi connectivity index (χ0) is 25.5. The third-order valence-electron chi connectivity index (χ3n) is 6.90. The third kappa shape index (κ3) is 3.84. The van der Waals surface area contributed by atoms with E-state index in [-0.39, 0.29) is 18.0 Å². The highest BCUT2D eigenvalue weighted by molar-refractivity contribution is 7.89. The summed E-state index contributed by atoms with van der Waals surface area (Å²) in [5.74, 6) is -1.01. The number of carbonyl (C=O) groups is 1. The molecule has 0 radical (unpaired) electrons. The quantitative estimate of drug-likeness (QED) is 0.463. The summed E-state index contributed by atoms with van der Waals surface area (Å²) in [6.45, 7) is 5.95. The largest absolute Gasteiger partial charge is 0.464 e. The molecule has 0 aromatic heterocycles. The predicted molar refractivity (Wildman–Crippen MR) is 141 cm³/mol. The van der Waals surface area contributed by atoms with Crippen LogP contribution in [0.25, 0.3) is 11.6 Å². The van der Waals surface area contributed by atoms with Gasteiger partial charge in [0.05, 0.1) is 11.5 Å². The number of hydrogen-bond acceptors (Lipinski definition) is 5. The van der Waals surface area contributed by atoms with Crippen LogP contribution in [0.1, 0.15) is 40.7 Å². The molecule has 3 aromatic carbocycles. The number of hydrogen-bond donors (Lipinski definition) is 0. The number of nitrogens with zero attached hydrogens (tertiary/aromatic N) is 2. The van der Waals surface area contributed by atoms with Crippen LogP contribution >= 0.6 is 0 Å². The van der Waals surface area contributed by atoms with Crippen molar-refractivity contribution in [3.63, 3.8) is 0 Å². The minimum atomic E-state index is -3.85. The minimum absolute atomic E-state index is 0.0702. The second-order valence-corrected chi connectivity index (χ2v) is 11.1. The van der Waals surface area contributed by atoms with Crippen LogP contribution in [0.4, 0.5) is 0 Å². The van der Waals surface area contributed by atoms with E-state index in [1.54, 1.807) is 31.2 Å². The van der Waals surface area contributed by atoms with E-state index in [1.165, 1.54) is 10.6 Å². The summed E-state index contributed by atoms with van der Waals surface area (Å²) >= 11 is 0. The molecular weight excluding hydrogens is 472 g/mol. The zero-order valence-corrected chi connectivity index (χ0v) is 21.3. The van der Waals surface area contributed by atoms with E-state index in [9.17, 15) is 13.2 Å². The molecule has 0 spiro atoms. The fourth-order valence-electron chi connectivity index (χ4n) is 5.01. The molecule has 6 nitrogen and oxygen atoms in total. The minimum Gasteiger partial charge on any atom is -0.464 e. The number of aryl methyl sites for hydroxylation is 2. The van der Waals surface area contributed by atoms with Gasteiger partial charge in [-0.2, -0.15) is 0 Å². The summed E-state index contributed by atoms with van der Waals surface area (Å²) in [4.78, 5) is 18.5.